The van der Waals surface area contributed by atoms with Gasteiger partial charge in [0.15, 0.2) is 9.84 Å². The molecular formula is C16H19NO4S2. The second-order valence-electron chi connectivity index (χ2n) is 5.05. The zero-order valence-corrected chi connectivity index (χ0v) is 14.1. The van der Waals surface area contributed by atoms with Crippen LogP contribution < -0.4 is 5.32 Å². The normalized spacial score (nSPS) is 12.7. The molecule has 1 amide bonds. The van der Waals surface area contributed by atoms with Gasteiger partial charge in [-0.15, -0.1) is 11.3 Å². The number of carbonyl (C=O) groups excluding carboxylic acids is 1. The van der Waals surface area contributed by atoms with Gasteiger partial charge >= 0.3 is 0 Å². The van der Waals surface area contributed by atoms with Crippen LogP contribution >= 0.6 is 11.3 Å². The number of carbonyl (C=O) groups is 1. The Bertz CT molecular complexity index is 712. The van der Waals surface area contributed by atoms with Gasteiger partial charge in [0, 0.05) is 17.8 Å². The number of hydrogen-bond acceptors (Lipinski definition) is 5. The maximum atomic E-state index is 12.1. The average Bonchev–Trinajstić information content (AvgIpc) is 3.08. The average molecular weight is 353 g/mol. The molecule has 1 atom stereocenters. The van der Waals surface area contributed by atoms with Crippen LogP contribution in [0.1, 0.15) is 23.8 Å². The van der Waals surface area contributed by atoms with Crippen LogP contribution in [-0.2, 0) is 14.6 Å². The third kappa shape index (κ3) is 5.46. The molecule has 124 valence electrons. The van der Waals surface area contributed by atoms with E-state index in [1.807, 2.05) is 17.5 Å². The van der Waals surface area contributed by atoms with Crippen LogP contribution in [0.4, 0.5) is 0 Å². The van der Waals surface area contributed by atoms with Crippen LogP contribution in [-0.4, -0.2) is 31.7 Å². The highest BCUT2D eigenvalue weighted by molar-refractivity contribution is 7.91. The number of aliphatic hydroxyl groups is 1. The zero-order chi connectivity index (χ0) is 16.7. The number of thiophene rings is 1. The number of sulfone groups is 1. The fraction of sp³-hybridized carbons (Fsp3) is 0.312. The van der Waals surface area contributed by atoms with E-state index in [0.717, 1.165) is 4.88 Å². The quantitative estimate of drug-likeness (QED) is 0.762. The number of nitrogens with one attached hydrogen (secondary N) is 1. The molecule has 0 unspecified atom stereocenters. The molecule has 1 heterocycles. The van der Waals surface area contributed by atoms with Crippen molar-refractivity contribution >= 4 is 27.1 Å². The molecule has 0 spiro atoms. The molecular weight excluding hydrogens is 334 g/mol. The summed E-state index contributed by atoms with van der Waals surface area (Å²) < 4.78 is 24.1. The highest BCUT2D eigenvalue weighted by Gasteiger charge is 2.16. The van der Waals surface area contributed by atoms with E-state index in [1.54, 1.807) is 18.2 Å². The van der Waals surface area contributed by atoms with Crippen molar-refractivity contribution in [3.05, 3.63) is 52.7 Å². The van der Waals surface area contributed by atoms with Gasteiger partial charge in [-0.05, 0) is 30.0 Å². The molecule has 5 nitrogen and oxygen atoms in total. The second kappa shape index (κ2) is 8.24. The highest BCUT2D eigenvalue weighted by Crippen LogP contribution is 2.20. The molecule has 1 aromatic heterocycles. The summed E-state index contributed by atoms with van der Waals surface area (Å²) in [5.74, 6) is -0.557. The Kier molecular flexibility index (Phi) is 6.32. The lowest BCUT2D eigenvalue weighted by molar-refractivity contribution is -0.120. The molecule has 7 heteroatoms. The van der Waals surface area contributed by atoms with Gasteiger partial charge < -0.3 is 10.4 Å². The zero-order valence-electron chi connectivity index (χ0n) is 12.5. The molecule has 23 heavy (non-hydrogen) atoms. The molecule has 2 aromatic rings. The molecule has 0 aliphatic carbocycles. The maximum absolute atomic E-state index is 12.1. The number of hydrogen-bond donors (Lipinski definition) is 2. The van der Waals surface area contributed by atoms with Crippen molar-refractivity contribution in [2.24, 2.45) is 0 Å². The first-order valence-electron chi connectivity index (χ1n) is 7.25. The smallest absolute Gasteiger partial charge is 0.221 e. The Morgan fingerprint density at radius 1 is 1.17 bits per heavy atom. The summed E-state index contributed by atoms with van der Waals surface area (Å²) in [4.78, 5) is 12.8. The van der Waals surface area contributed by atoms with Crippen LogP contribution in [0.25, 0.3) is 0 Å². The van der Waals surface area contributed by atoms with Crippen LogP contribution in [0.3, 0.4) is 0 Å². The van der Waals surface area contributed by atoms with Crippen molar-refractivity contribution in [3.63, 3.8) is 0 Å². The minimum atomic E-state index is -3.44. The van der Waals surface area contributed by atoms with E-state index in [2.05, 4.69) is 5.32 Å². The molecule has 0 aliphatic heterocycles. The summed E-state index contributed by atoms with van der Waals surface area (Å²) in [7, 11) is -3.44. The Hall–Kier alpha value is -1.70. The molecule has 0 saturated carbocycles. The summed E-state index contributed by atoms with van der Waals surface area (Å²) in [6.45, 7) is 0.309. The van der Waals surface area contributed by atoms with Crippen molar-refractivity contribution in [3.8, 4) is 0 Å². The topological polar surface area (TPSA) is 83.5 Å². The van der Waals surface area contributed by atoms with Crippen molar-refractivity contribution in [1.82, 2.24) is 5.32 Å². The van der Waals surface area contributed by atoms with Gasteiger partial charge in [0.05, 0.1) is 16.8 Å². The fourth-order valence-electron chi connectivity index (χ4n) is 2.03. The van der Waals surface area contributed by atoms with E-state index >= 15 is 0 Å². The summed E-state index contributed by atoms with van der Waals surface area (Å²) in [5, 5.41) is 14.4. The first-order chi connectivity index (χ1) is 11.0. The molecule has 0 aliphatic rings. The van der Waals surface area contributed by atoms with Crippen molar-refractivity contribution < 1.29 is 18.3 Å². The van der Waals surface area contributed by atoms with Gasteiger partial charge in [0.25, 0.3) is 0 Å². The first kappa shape index (κ1) is 17.7. The van der Waals surface area contributed by atoms with Gasteiger partial charge in [-0.3, -0.25) is 4.79 Å². The molecule has 0 fully saturated rings. The van der Waals surface area contributed by atoms with Crippen LogP contribution in [0.15, 0.2) is 52.7 Å². The second-order valence-corrected chi connectivity index (χ2v) is 8.14. The fourth-order valence-corrected chi connectivity index (χ4v) is 4.04. The summed E-state index contributed by atoms with van der Waals surface area (Å²) in [5.41, 5.74) is 0. The first-order valence-corrected chi connectivity index (χ1v) is 9.78. The Morgan fingerprint density at radius 2 is 1.91 bits per heavy atom. The van der Waals surface area contributed by atoms with E-state index in [-0.39, 0.29) is 23.0 Å². The molecule has 1 aromatic carbocycles. The van der Waals surface area contributed by atoms with Crippen LogP contribution in [0.2, 0.25) is 0 Å². The van der Waals surface area contributed by atoms with E-state index in [1.165, 1.54) is 23.5 Å². The Morgan fingerprint density at radius 3 is 2.57 bits per heavy atom. The van der Waals surface area contributed by atoms with E-state index in [0.29, 0.717) is 13.0 Å². The lowest BCUT2D eigenvalue weighted by atomic mass is 10.2. The van der Waals surface area contributed by atoms with Gasteiger partial charge in [0.2, 0.25) is 5.91 Å². The van der Waals surface area contributed by atoms with Crippen LogP contribution in [0, 0.1) is 0 Å². The lowest BCUT2D eigenvalue weighted by Crippen LogP contribution is -2.27. The lowest BCUT2D eigenvalue weighted by Gasteiger charge is -2.10. The molecule has 0 radical (unpaired) electrons. The Labute approximate surface area is 139 Å². The predicted octanol–water partition coefficient (Wildman–Crippen LogP) is 2.15. The third-order valence-corrected chi connectivity index (χ3v) is 6.02. The molecule has 2 N–H and O–H groups in total. The number of aliphatic hydroxyl groups excluding tert-OH is 1. The van der Waals surface area contributed by atoms with Crippen molar-refractivity contribution in [2.45, 2.75) is 23.8 Å². The van der Waals surface area contributed by atoms with E-state index < -0.39 is 15.9 Å². The predicted molar refractivity (Wildman–Crippen MR) is 90.0 cm³/mol. The number of rotatable bonds is 8. The summed E-state index contributed by atoms with van der Waals surface area (Å²) in [6, 6.07) is 11.8. The van der Waals surface area contributed by atoms with E-state index in [9.17, 15) is 18.3 Å². The summed E-state index contributed by atoms with van der Waals surface area (Å²) in [6.07, 6.45) is -0.298. The van der Waals surface area contributed by atoms with Gasteiger partial charge in [-0.2, -0.15) is 0 Å². The minimum Gasteiger partial charge on any atom is -0.388 e. The van der Waals surface area contributed by atoms with Crippen molar-refractivity contribution in [2.75, 3.05) is 12.3 Å². The number of amides is 1. The van der Waals surface area contributed by atoms with Gasteiger partial charge in [-0.25, -0.2) is 8.42 Å². The Balaban J connectivity index is 1.73. The largest absolute Gasteiger partial charge is 0.388 e. The summed E-state index contributed by atoms with van der Waals surface area (Å²) >= 11 is 1.46. The molecule has 0 bridgehead atoms. The SMILES string of the molecule is O=C(CCS(=O)(=O)c1ccccc1)NCC[C@@H](O)c1cccs1. The van der Waals surface area contributed by atoms with Gasteiger partial charge in [-0.1, -0.05) is 24.3 Å². The third-order valence-electron chi connectivity index (χ3n) is 3.31. The van der Waals surface area contributed by atoms with Crippen LogP contribution in [0.5, 0.6) is 0 Å². The molecule has 0 saturated heterocycles. The van der Waals surface area contributed by atoms with E-state index in [4.69, 9.17) is 0 Å². The maximum Gasteiger partial charge on any atom is 0.221 e. The van der Waals surface area contributed by atoms with Crippen molar-refractivity contribution in [1.29, 1.82) is 0 Å². The highest BCUT2D eigenvalue weighted by atomic mass is 32.2. The standard InChI is InChI=1S/C16H19NO4S2/c18-14(15-7-4-11-22-15)8-10-17-16(19)9-12-23(20,21)13-5-2-1-3-6-13/h1-7,11,14,18H,8-10,12H2,(H,17,19)/t14-/m1/s1. The monoisotopic (exact) mass is 353 g/mol. The number of benzene rings is 1. The van der Waals surface area contributed by atoms with Gasteiger partial charge in [0.1, 0.15) is 0 Å². The molecule has 2 rings (SSSR count). The minimum absolute atomic E-state index is 0.0909.